The van der Waals surface area contributed by atoms with Crippen LogP contribution in [0.25, 0.3) is 0 Å². The number of anilines is 1. The summed E-state index contributed by atoms with van der Waals surface area (Å²) in [5.41, 5.74) is 9.71. The first-order chi connectivity index (χ1) is 16.7. The summed E-state index contributed by atoms with van der Waals surface area (Å²) in [6.45, 7) is 12.8. The molecule has 1 heterocycles. The van der Waals surface area contributed by atoms with Crippen molar-refractivity contribution in [2.75, 3.05) is 5.01 Å². The molecule has 1 aromatic carbocycles. The highest BCUT2D eigenvalue weighted by molar-refractivity contribution is 5.75. The summed E-state index contributed by atoms with van der Waals surface area (Å²) in [6.07, 6.45) is 9.63. The van der Waals surface area contributed by atoms with E-state index >= 15 is 0 Å². The molecule has 1 aliphatic heterocycles. The van der Waals surface area contributed by atoms with Crippen LogP contribution < -0.4 is 15.8 Å². The quantitative estimate of drug-likeness (QED) is 0.437. The van der Waals surface area contributed by atoms with E-state index in [0.717, 1.165) is 43.5 Å². The Morgan fingerprint density at radius 1 is 1.20 bits per heavy atom. The molecule has 2 N–H and O–H groups in total. The summed E-state index contributed by atoms with van der Waals surface area (Å²) in [5, 5.41) is 5.43. The number of hydrazine groups is 1. The maximum Gasteiger partial charge on any atom is 0.318 e. The lowest BCUT2D eigenvalue weighted by Gasteiger charge is -2.34. The molecule has 1 unspecified atom stereocenters. The first-order valence-electron chi connectivity index (χ1n) is 13.3. The Balaban J connectivity index is 1.52. The Hall–Kier alpha value is -2.76. The van der Waals surface area contributed by atoms with Gasteiger partial charge in [0.15, 0.2) is 0 Å². The topological polar surface area (TPSA) is 47.6 Å². The third-order valence-corrected chi connectivity index (χ3v) is 7.67. The Bertz CT molecular complexity index is 1020. The van der Waals surface area contributed by atoms with E-state index in [2.05, 4.69) is 69.6 Å². The molecule has 0 saturated heterocycles. The fourth-order valence-corrected chi connectivity index (χ4v) is 6.22. The summed E-state index contributed by atoms with van der Waals surface area (Å²) < 4.78 is 13.4. The maximum atomic E-state index is 13.4. The SMILES string of the molecule is CCCC(C[C@H]1CCC2=C1[C@@H](C)C1=CNN(c3ccc(F)cc3)C1=C2)NC(=O)N(C(C)C)C(C)C. The summed E-state index contributed by atoms with van der Waals surface area (Å²) in [7, 11) is 0. The Morgan fingerprint density at radius 2 is 1.89 bits per heavy atom. The smallest absolute Gasteiger partial charge is 0.318 e. The van der Waals surface area contributed by atoms with Crippen LogP contribution in [0.3, 0.4) is 0 Å². The number of amides is 2. The molecule has 2 aliphatic carbocycles. The molecule has 0 fully saturated rings. The first-order valence-corrected chi connectivity index (χ1v) is 13.3. The standard InChI is InChI=1S/C29H41FN4O/c1-7-8-24(32-29(35)33(18(2)3)19(4)5)15-21-9-10-22-16-27-26(20(6)28(21)22)17-31-34(27)25-13-11-23(30)12-14-25/h11-14,16-21,24,31H,7-10,15H2,1-6H3,(H,32,35)/t20-,21+,24?/m0/s1. The second kappa shape index (κ2) is 10.5. The molecule has 2 amide bonds. The van der Waals surface area contributed by atoms with E-state index < -0.39 is 0 Å². The van der Waals surface area contributed by atoms with Gasteiger partial charge in [0.2, 0.25) is 0 Å². The van der Waals surface area contributed by atoms with E-state index in [0.29, 0.717) is 11.8 Å². The minimum atomic E-state index is -0.227. The third-order valence-electron chi connectivity index (χ3n) is 7.67. The number of nitrogens with one attached hydrogen (secondary N) is 2. The van der Waals surface area contributed by atoms with Crippen molar-refractivity contribution in [1.82, 2.24) is 15.6 Å². The van der Waals surface area contributed by atoms with Crippen molar-refractivity contribution in [3.8, 4) is 0 Å². The third kappa shape index (κ3) is 5.12. The molecule has 0 spiro atoms. The number of halogens is 1. The van der Waals surface area contributed by atoms with Crippen LogP contribution in [-0.2, 0) is 0 Å². The highest BCUT2D eigenvalue weighted by atomic mass is 19.1. The lowest BCUT2D eigenvalue weighted by molar-refractivity contribution is 0.159. The molecule has 190 valence electrons. The van der Waals surface area contributed by atoms with Gasteiger partial charge in [-0.05, 0) is 95.2 Å². The van der Waals surface area contributed by atoms with Crippen LogP contribution >= 0.6 is 0 Å². The molecule has 0 saturated carbocycles. The monoisotopic (exact) mass is 480 g/mol. The Morgan fingerprint density at radius 3 is 2.51 bits per heavy atom. The number of urea groups is 1. The molecule has 4 rings (SSSR count). The minimum Gasteiger partial charge on any atom is -0.335 e. The number of benzene rings is 1. The van der Waals surface area contributed by atoms with E-state index in [1.54, 1.807) is 0 Å². The number of nitrogens with zero attached hydrogens (tertiary/aromatic N) is 2. The molecular formula is C29H41FN4O. The fourth-order valence-electron chi connectivity index (χ4n) is 6.22. The highest BCUT2D eigenvalue weighted by Crippen LogP contribution is 2.49. The molecule has 0 radical (unpaired) electrons. The van der Waals surface area contributed by atoms with Crippen LogP contribution in [0.1, 0.15) is 73.6 Å². The number of carbonyl (C=O) groups excluding carboxylic acids is 1. The molecule has 3 aliphatic rings. The zero-order valence-corrected chi connectivity index (χ0v) is 22.1. The van der Waals surface area contributed by atoms with Gasteiger partial charge in [0, 0.05) is 35.8 Å². The Labute approximate surface area is 210 Å². The van der Waals surface area contributed by atoms with Gasteiger partial charge in [0.05, 0.1) is 11.4 Å². The van der Waals surface area contributed by atoms with Gasteiger partial charge < -0.3 is 15.6 Å². The number of fused-ring (bicyclic) bond motifs is 1. The van der Waals surface area contributed by atoms with E-state index in [1.165, 1.54) is 28.9 Å². The van der Waals surface area contributed by atoms with Crippen LogP contribution in [0.2, 0.25) is 0 Å². The molecule has 35 heavy (non-hydrogen) atoms. The van der Waals surface area contributed by atoms with Crippen LogP contribution in [0.4, 0.5) is 14.9 Å². The lowest BCUT2D eigenvalue weighted by Crippen LogP contribution is -2.51. The van der Waals surface area contributed by atoms with E-state index in [-0.39, 0.29) is 30.0 Å². The van der Waals surface area contributed by atoms with Crippen molar-refractivity contribution in [2.45, 2.75) is 91.8 Å². The maximum absolute atomic E-state index is 13.4. The number of hydrogen-bond donors (Lipinski definition) is 2. The normalized spacial score (nSPS) is 22.0. The van der Waals surface area contributed by atoms with Crippen molar-refractivity contribution < 1.29 is 9.18 Å². The van der Waals surface area contributed by atoms with Crippen molar-refractivity contribution in [1.29, 1.82) is 0 Å². The predicted molar refractivity (Wildman–Crippen MR) is 141 cm³/mol. The van der Waals surface area contributed by atoms with Gasteiger partial charge in [-0.2, -0.15) is 0 Å². The molecule has 6 heteroatoms. The number of allylic oxidation sites excluding steroid dienone is 4. The first kappa shape index (κ1) is 25.3. The molecule has 0 aromatic heterocycles. The van der Waals surface area contributed by atoms with Crippen molar-refractivity contribution >= 4 is 11.7 Å². The minimum absolute atomic E-state index is 0.0529. The van der Waals surface area contributed by atoms with Crippen molar-refractivity contribution in [3.63, 3.8) is 0 Å². The average Bonchev–Trinajstić information content (AvgIpc) is 3.39. The summed E-state index contributed by atoms with van der Waals surface area (Å²) in [4.78, 5) is 15.1. The molecule has 1 aromatic rings. The van der Waals surface area contributed by atoms with Gasteiger partial charge in [0.25, 0.3) is 0 Å². The van der Waals surface area contributed by atoms with E-state index in [9.17, 15) is 9.18 Å². The Kier molecular flexibility index (Phi) is 7.58. The van der Waals surface area contributed by atoms with Crippen LogP contribution in [0.15, 0.2) is 59.0 Å². The van der Waals surface area contributed by atoms with Crippen LogP contribution in [-0.4, -0.2) is 29.1 Å². The number of hydrogen-bond acceptors (Lipinski definition) is 3. The molecule has 5 nitrogen and oxygen atoms in total. The summed E-state index contributed by atoms with van der Waals surface area (Å²) in [5.74, 6) is 0.563. The number of rotatable bonds is 8. The van der Waals surface area contributed by atoms with Gasteiger partial charge in [-0.25, -0.2) is 9.18 Å². The second-order valence-electron chi connectivity index (χ2n) is 10.8. The zero-order valence-electron chi connectivity index (χ0n) is 22.1. The molecule has 3 atom stereocenters. The molecular weight excluding hydrogens is 439 g/mol. The largest absolute Gasteiger partial charge is 0.335 e. The van der Waals surface area contributed by atoms with Gasteiger partial charge in [0.1, 0.15) is 5.82 Å². The molecule has 0 bridgehead atoms. The fraction of sp³-hybridized carbons (Fsp3) is 0.552. The van der Waals surface area contributed by atoms with Crippen molar-refractivity contribution in [2.24, 2.45) is 11.8 Å². The van der Waals surface area contributed by atoms with E-state index in [4.69, 9.17) is 0 Å². The van der Waals surface area contributed by atoms with Crippen LogP contribution in [0, 0.1) is 17.7 Å². The summed E-state index contributed by atoms with van der Waals surface area (Å²) in [6, 6.07) is 7.19. The van der Waals surface area contributed by atoms with E-state index in [1.807, 2.05) is 17.0 Å². The van der Waals surface area contributed by atoms with Crippen LogP contribution in [0.5, 0.6) is 0 Å². The van der Waals surface area contributed by atoms with Crippen molar-refractivity contribution in [3.05, 3.63) is 64.8 Å². The van der Waals surface area contributed by atoms with Gasteiger partial charge >= 0.3 is 6.03 Å². The van der Waals surface area contributed by atoms with Gasteiger partial charge in [-0.3, -0.25) is 5.01 Å². The highest BCUT2D eigenvalue weighted by Gasteiger charge is 2.39. The summed E-state index contributed by atoms with van der Waals surface area (Å²) >= 11 is 0. The predicted octanol–water partition coefficient (Wildman–Crippen LogP) is 6.66. The average molecular weight is 481 g/mol. The second-order valence-corrected chi connectivity index (χ2v) is 10.8. The van der Waals surface area contributed by atoms with Gasteiger partial charge in [-0.1, -0.05) is 25.8 Å². The number of carbonyl (C=O) groups is 1. The van der Waals surface area contributed by atoms with Gasteiger partial charge in [-0.15, -0.1) is 0 Å². The zero-order chi connectivity index (χ0) is 25.3. The lowest BCUT2D eigenvalue weighted by atomic mass is 9.78.